The molecule has 6 heteroatoms. The smallest absolute Gasteiger partial charge is 0.227 e. The summed E-state index contributed by atoms with van der Waals surface area (Å²) in [6.45, 7) is 0.977. The van der Waals surface area contributed by atoms with Crippen LogP contribution in [0.5, 0.6) is 5.75 Å². The van der Waals surface area contributed by atoms with Crippen LogP contribution in [-0.4, -0.2) is 30.0 Å². The second-order valence-corrected chi connectivity index (χ2v) is 7.27. The monoisotopic (exact) mass is 416 g/mol. The predicted molar refractivity (Wildman–Crippen MR) is 104 cm³/mol. The standard InChI is InChI=1S/C20H21BrN2O3/c21-17-5-1-2-6-18(17)23-13-15(12-19(23)25)20(26)22-11-3-4-14-7-9-16(24)10-8-14/h1-2,5-10,15,24H,3-4,11-13H2,(H,22,26). The number of hydrogen-bond acceptors (Lipinski definition) is 3. The van der Waals surface area contributed by atoms with Crippen molar-refractivity contribution in [1.82, 2.24) is 5.32 Å². The highest BCUT2D eigenvalue weighted by atomic mass is 79.9. The van der Waals surface area contributed by atoms with Crippen molar-refractivity contribution in [1.29, 1.82) is 0 Å². The third kappa shape index (κ3) is 4.43. The Labute approximate surface area is 161 Å². The van der Waals surface area contributed by atoms with Gasteiger partial charge in [-0.2, -0.15) is 0 Å². The van der Waals surface area contributed by atoms with Crippen molar-refractivity contribution in [3.05, 3.63) is 58.6 Å². The molecular formula is C20H21BrN2O3. The summed E-state index contributed by atoms with van der Waals surface area (Å²) in [5.41, 5.74) is 1.92. The summed E-state index contributed by atoms with van der Waals surface area (Å²) in [7, 11) is 0. The average Bonchev–Trinajstić information content (AvgIpc) is 3.02. The van der Waals surface area contributed by atoms with Crippen molar-refractivity contribution in [3.8, 4) is 5.75 Å². The summed E-state index contributed by atoms with van der Waals surface area (Å²) < 4.78 is 0.850. The van der Waals surface area contributed by atoms with Gasteiger partial charge in [-0.15, -0.1) is 0 Å². The fourth-order valence-corrected chi connectivity index (χ4v) is 3.60. The number of carbonyl (C=O) groups excluding carboxylic acids is 2. The van der Waals surface area contributed by atoms with E-state index in [4.69, 9.17) is 0 Å². The SMILES string of the molecule is O=C(NCCCc1ccc(O)cc1)C1CC(=O)N(c2ccccc2Br)C1. The van der Waals surface area contributed by atoms with E-state index >= 15 is 0 Å². The van der Waals surface area contributed by atoms with Gasteiger partial charge in [0.2, 0.25) is 11.8 Å². The van der Waals surface area contributed by atoms with Crippen molar-refractivity contribution >= 4 is 33.4 Å². The van der Waals surface area contributed by atoms with Crippen LogP contribution in [0.3, 0.4) is 0 Å². The van der Waals surface area contributed by atoms with Crippen LogP contribution >= 0.6 is 15.9 Å². The topological polar surface area (TPSA) is 69.6 Å². The van der Waals surface area contributed by atoms with Crippen LogP contribution in [0.4, 0.5) is 5.69 Å². The first-order valence-electron chi connectivity index (χ1n) is 8.65. The van der Waals surface area contributed by atoms with Gasteiger partial charge in [0.15, 0.2) is 0 Å². The normalized spacial score (nSPS) is 16.7. The van der Waals surface area contributed by atoms with Gasteiger partial charge in [-0.3, -0.25) is 9.59 Å². The zero-order chi connectivity index (χ0) is 18.5. The average molecular weight is 417 g/mol. The Morgan fingerprint density at radius 1 is 1.19 bits per heavy atom. The highest BCUT2D eigenvalue weighted by molar-refractivity contribution is 9.10. The number of hydrogen-bond donors (Lipinski definition) is 2. The summed E-state index contributed by atoms with van der Waals surface area (Å²) >= 11 is 3.46. The van der Waals surface area contributed by atoms with E-state index in [2.05, 4.69) is 21.2 Å². The molecule has 0 saturated carbocycles. The van der Waals surface area contributed by atoms with E-state index in [-0.39, 0.29) is 29.9 Å². The number of nitrogens with zero attached hydrogens (tertiary/aromatic N) is 1. The number of phenolic OH excluding ortho intramolecular Hbond substituents is 1. The maximum atomic E-state index is 12.4. The minimum atomic E-state index is -0.316. The van der Waals surface area contributed by atoms with Crippen LogP contribution in [0.2, 0.25) is 0 Å². The number of phenols is 1. The van der Waals surface area contributed by atoms with Crippen LogP contribution in [0.25, 0.3) is 0 Å². The molecule has 0 aliphatic carbocycles. The molecule has 0 radical (unpaired) electrons. The molecule has 1 unspecified atom stereocenters. The van der Waals surface area contributed by atoms with E-state index in [1.807, 2.05) is 36.4 Å². The fraction of sp³-hybridized carbons (Fsp3) is 0.300. The Balaban J connectivity index is 1.47. The second-order valence-electron chi connectivity index (χ2n) is 6.42. The van der Waals surface area contributed by atoms with Gasteiger partial charge < -0.3 is 15.3 Å². The number of amides is 2. The van der Waals surface area contributed by atoms with Gasteiger partial charge in [-0.05, 0) is 58.6 Å². The highest BCUT2D eigenvalue weighted by Gasteiger charge is 2.35. The van der Waals surface area contributed by atoms with Gasteiger partial charge in [-0.25, -0.2) is 0 Å². The van der Waals surface area contributed by atoms with Crippen molar-refractivity contribution in [3.63, 3.8) is 0 Å². The van der Waals surface area contributed by atoms with Crippen molar-refractivity contribution in [2.75, 3.05) is 18.0 Å². The number of benzene rings is 2. The van der Waals surface area contributed by atoms with Gasteiger partial charge in [-0.1, -0.05) is 24.3 Å². The first kappa shape index (κ1) is 18.5. The molecule has 2 amide bonds. The van der Waals surface area contributed by atoms with E-state index in [1.54, 1.807) is 17.0 Å². The molecule has 2 aromatic rings. The van der Waals surface area contributed by atoms with E-state index in [0.29, 0.717) is 13.1 Å². The first-order valence-corrected chi connectivity index (χ1v) is 9.44. The maximum absolute atomic E-state index is 12.4. The Hall–Kier alpha value is -2.34. The van der Waals surface area contributed by atoms with Crippen molar-refractivity contribution < 1.29 is 14.7 Å². The largest absolute Gasteiger partial charge is 0.508 e. The van der Waals surface area contributed by atoms with E-state index < -0.39 is 0 Å². The van der Waals surface area contributed by atoms with E-state index in [0.717, 1.165) is 28.6 Å². The van der Waals surface area contributed by atoms with Gasteiger partial charge in [0.1, 0.15) is 5.75 Å². The molecule has 5 nitrogen and oxygen atoms in total. The number of carbonyl (C=O) groups is 2. The van der Waals surface area contributed by atoms with E-state index in [9.17, 15) is 14.7 Å². The van der Waals surface area contributed by atoms with Crippen LogP contribution < -0.4 is 10.2 Å². The summed E-state index contributed by atoms with van der Waals surface area (Å²) in [6, 6.07) is 14.6. The lowest BCUT2D eigenvalue weighted by Gasteiger charge is -2.18. The Morgan fingerprint density at radius 2 is 1.92 bits per heavy atom. The third-order valence-corrected chi connectivity index (χ3v) is 5.19. The van der Waals surface area contributed by atoms with E-state index in [1.165, 1.54) is 0 Å². The van der Waals surface area contributed by atoms with Gasteiger partial charge in [0.05, 0.1) is 11.6 Å². The maximum Gasteiger partial charge on any atom is 0.227 e. The summed E-state index contributed by atoms with van der Waals surface area (Å²) in [6.07, 6.45) is 1.88. The van der Waals surface area contributed by atoms with Gasteiger partial charge in [0, 0.05) is 24.0 Å². The summed E-state index contributed by atoms with van der Waals surface area (Å²) in [5, 5.41) is 12.2. The molecule has 1 aliphatic rings. The molecule has 136 valence electrons. The number of rotatable bonds is 6. The quantitative estimate of drug-likeness (QED) is 0.709. The molecule has 3 rings (SSSR count). The zero-order valence-electron chi connectivity index (χ0n) is 14.3. The molecule has 1 aliphatic heterocycles. The Kier molecular flexibility index (Phi) is 5.93. The van der Waals surface area contributed by atoms with Crippen LogP contribution in [0, 0.1) is 5.92 Å². The molecule has 26 heavy (non-hydrogen) atoms. The van der Waals surface area contributed by atoms with Gasteiger partial charge in [0.25, 0.3) is 0 Å². The second kappa shape index (κ2) is 8.36. The van der Waals surface area contributed by atoms with Crippen molar-refractivity contribution in [2.45, 2.75) is 19.3 Å². The lowest BCUT2D eigenvalue weighted by molar-refractivity contribution is -0.126. The molecule has 2 aromatic carbocycles. The molecular weight excluding hydrogens is 396 g/mol. The molecule has 0 bridgehead atoms. The predicted octanol–water partition coefficient (Wildman–Crippen LogP) is 3.26. The third-order valence-electron chi connectivity index (χ3n) is 4.52. The van der Waals surface area contributed by atoms with Crippen LogP contribution in [-0.2, 0) is 16.0 Å². The number of aromatic hydroxyl groups is 1. The van der Waals surface area contributed by atoms with Crippen molar-refractivity contribution in [2.24, 2.45) is 5.92 Å². The zero-order valence-corrected chi connectivity index (χ0v) is 15.9. The molecule has 1 fully saturated rings. The first-order chi connectivity index (χ1) is 12.5. The number of aryl methyl sites for hydroxylation is 1. The molecule has 0 aromatic heterocycles. The summed E-state index contributed by atoms with van der Waals surface area (Å²) in [5.74, 6) is -0.161. The lowest BCUT2D eigenvalue weighted by atomic mass is 10.1. The molecule has 1 heterocycles. The fourth-order valence-electron chi connectivity index (χ4n) is 3.10. The van der Waals surface area contributed by atoms with Crippen LogP contribution in [0.1, 0.15) is 18.4 Å². The lowest BCUT2D eigenvalue weighted by Crippen LogP contribution is -2.33. The minimum absolute atomic E-state index is 0.0267. The van der Waals surface area contributed by atoms with Crippen LogP contribution in [0.15, 0.2) is 53.0 Å². The minimum Gasteiger partial charge on any atom is -0.508 e. The highest BCUT2D eigenvalue weighted by Crippen LogP contribution is 2.31. The number of anilines is 1. The molecule has 0 spiro atoms. The van der Waals surface area contributed by atoms with Gasteiger partial charge >= 0.3 is 0 Å². The molecule has 2 N–H and O–H groups in total. The Bertz CT molecular complexity index is 792. The molecule has 1 saturated heterocycles. The summed E-state index contributed by atoms with van der Waals surface area (Å²) in [4.78, 5) is 26.3. The number of nitrogens with one attached hydrogen (secondary N) is 1. The Morgan fingerprint density at radius 3 is 2.65 bits per heavy atom. The number of para-hydroxylation sites is 1. The number of halogens is 1. The molecule has 1 atom stereocenters.